The maximum Gasteiger partial charge on any atom is 0.257 e. The first kappa shape index (κ1) is 16.1. The Morgan fingerprint density at radius 1 is 1.09 bits per heavy atom. The predicted molar refractivity (Wildman–Crippen MR) is 84.2 cm³/mol. The lowest BCUT2D eigenvalue weighted by Gasteiger charge is -2.12. The Kier molecular flexibility index (Phi) is 4.58. The standard InChI is InChI=1S/C15H17N3O3S/c1-11-4-5-12(10-16-11)15(19)17-13-6-8-14(9-7-13)22(20,21)18(2)3/h4-10H,1-3H3,(H,17,19). The van der Waals surface area contributed by atoms with Crippen molar-refractivity contribution >= 4 is 21.6 Å². The van der Waals surface area contributed by atoms with Crippen LogP contribution in [0.4, 0.5) is 5.69 Å². The van der Waals surface area contributed by atoms with E-state index < -0.39 is 10.0 Å². The molecule has 1 aromatic heterocycles. The number of carbonyl (C=O) groups excluding carboxylic acids is 1. The van der Waals surface area contributed by atoms with Gasteiger partial charge < -0.3 is 5.32 Å². The Morgan fingerprint density at radius 2 is 1.73 bits per heavy atom. The number of hydrogen-bond donors (Lipinski definition) is 1. The number of nitrogens with one attached hydrogen (secondary N) is 1. The molecule has 1 heterocycles. The highest BCUT2D eigenvalue weighted by Gasteiger charge is 2.16. The Balaban J connectivity index is 2.15. The Morgan fingerprint density at radius 3 is 2.23 bits per heavy atom. The number of amides is 1. The molecular weight excluding hydrogens is 302 g/mol. The van der Waals surface area contributed by atoms with Gasteiger partial charge in [0.25, 0.3) is 5.91 Å². The van der Waals surface area contributed by atoms with E-state index in [1.807, 2.05) is 6.92 Å². The zero-order chi connectivity index (χ0) is 16.3. The van der Waals surface area contributed by atoms with E-state index in [1.165, 1.54) is 32.4 Å². The van der Waals surface area contributed by atoms with Gasteiger partial charge in [0.1, 0.15) is 0 Å². The smallest absolute Gasteiger partial charge is 0.257 e. The van der Waals surface area contributed by atoms with Gasteiger partial charge in [-0.05, 0) is 43.3 Å². The predicted octanol–water partition coefficient (Wildman–Crippen LogP) is 1.89. The molecular formula is C15H17N3O3S. The summed E-state index contributed by atoms with van der Waals surface area (Å²) < 4.78 is 25.0. The molecule has 0 aliphatic rings. The molecule has 0 bridgehead atoms. The third kappa shape index (κ3) is 3.49. The van der Waals surface area contributed by atoms with Gasteiger partial charge in [0.15, 0.2) is 0 Å². The Labute approximate surface area is 129 Å². The van der Waals surface area contributed by atoms with Crippen LogP contribution in [-0.2, 0) is 10.0 Å². The van der Waals surface area contributed by atoms with Crippen molar-refractivity contribution < 1.29 is 13.2 Å². The van der Waals surface area contributed by atoms with Gasteiger partial charge in [0.2, 0.25) is 10.0 Å². The molecule has 22 heavy (non-hydrogen) atoms. The number of rotatable bonds is 4. The number of sulfonamides is 1. The van der Waals surface area contributed by atoms with Gasteiger partial charge in [0.05, 0.1) is 10.5 Å². The van der Waals surface area contributed by atoms with Crippen molar-refractivity contribution in [2.75, 3.05) is 19.4 Å². The van der Waals surface area contributed by atoms with Gasteiger partial charge in [-0.25, -0.2) is 12.7 Å². The van der Waals surface area contributed by atoms with Gasteiger partial charge in [-0.15, -0.1) is 0 Å². The largest absolute Gasteiger partial charge is 0.322 e. The van der Waals surface area contributed by atoms with E-state index in [1.54, 1.807) is 24.3 Å². The first-order valence-corrected chi connectivity index (χ1v) is 8.01. The summed E-state index contributed by atoms with van der Waals surface area (Å²) in [5, 5.41) is 2.70. The van der Waals surface area contributed by atoms with Crippen LogP contribution in [0.1, 0.15) is 16.1 Å². The first-order chi connectivity index (χ1) is 10.3. The second kappa shape index (κ2) is 6.25. The van der Waals surface area contributed by atoms with E-state index in [0.29, 0.717) is 11.3 Å². The minimum atomic E-state index is -3.47. The molecule has 1 N–H and O–H groups in total. The number of hydrogen-bond acceptors (Lipinski definition) is 4. The van der Waals surface area contributed by atoms with Gasteiger partial charge in [-0.3, -0.25) is 9.78 Å². The zero-order valence-corrected chi connectivity index (χ0v) is 13.4. The van der Waals surface area contributed by atoms with Gasteiger partial charge in [0, 0.05) is 31.7 Å². The van der Waals surface area contributed by atoms with Crippen LogP contribution >= 0.6 is 0 Å². The molecule has 0 spiro atoms. The molecule has 0 unspecified atom stereocenters. The lowest BCUT2D eigenvalue weighted by Crippen LogP contribution is -2.22. The molecule has 2 aromatic rings. The first-order valence-electron chi connectivity index (χ1n) is 6.57. The average molecular weight is 319 g/mol. The second-order valence-corrected chi connectivity index (χ2v) is 7.11. The van der Waals surface area contributed by atoms with Crippen LogP contribution < -0.4 is 5.32 Å². The number of pyridine rings is 1. The molecule has 0 saturated heterocycles. The van der Waals surface area contributed by atoms with Gasteiger partial charge in [-0.1, -0.05) is 0 Å². The molecule has 6 nitrogen and oxygen atoms in total. The molecule has 1 amide bonds. The Bertz CT molecular complexity index is 767. The summed E-state index contributed by atoms with van der Waals surface area (Å²) in [6, 6.07) is 9.45. The number of nitrogens with zero attached hydrogens (tertiary/aromatic N) is 2. The van der Waals surface area contributed by atoms with Crippen LogP contribution in [0.3, 0.4) is 0 Å². The minimum Gasteiger partial charge on any atom is -0.322 e. The summed E-state index contributed by atoms with van der Waals surface area (Å²) in [6.07, 6.45) is 1.50. The maximum atomic E-state index is 12.0. The van der Waals surface area contributed by atoms with E-state index in [-0.39, 0.29) is 10.8 Å². The summed E-state index contributed by atoms with van der Waals surface area (Å²) in [7, 11) is -0.533. The molecule has 0 radical (unpaired) electrons. The summed E-state index contributed by atoms with van der Waals surface area (Å²) in [6.45, 7) is 1.84. The summed E-state index contributed by atoms with van der Waals surface area (Å²) >= 11 is 0. The van der Waals surface area contributed by atoms with E-state index in [0.717, 1.165) is 10.00 Å². The van der Waals surface area contributed by atoms with Crippen LogP contribution in [-0.4, -0.2) is 37.7 Å². The molecule has 7 heteroatoms. The molecule has 0 saturated carbocycles. The highest BCUT2D eigenvalue weighted by Crippen LogP contribution is 2.17. The van der Waals surface area contributed by atoms with E-state index in [4.69, 9.17) is 0 Å². The van der Waals surface area contributed by atoms with Crippen LogP contribution in [0.25, 0.3) is 0 Å². The average Bonchev–Trinajstić information content (AvgIpc) is 2.48. The van der Waals surface area contributed by atoms with Crippen molar-refractivity contribution in [3.63, 3.8) is 0 Å². The van der Waals surface area contributed by atoms with Gasteiger partial charge >= 0.3 is 0 Å². The highest BCUT2D eigenvalue weighted by molar-refractivity contribution is 7.89. The normalized spacial score (nSPS) is 11.5. The van der Waals surface area contributed by atoms with E-state index in [2.05, 4.69) is 10.3 Å². The number of benzene rings is 1. The van der Waals surface area contributed by atoms with Crippen molar-refractivity contribution in [1.29, 1.82) is 0 Å². The second-order valence-electron chi connectivity index (χ2n) is 4.95. The molecule has 0 fully saturated rings. The molecule has 116 valence electrons. The van der Waals surface area contributed by atoms with Crippen molar-refractivity contribution in [2.24, 2.45) is 0 Å². The number of aryl methyl sites for hydroxylation is 1. The van der Waals surface area contributed by atoms with Gasteiger partial charge in [-0.2, -0.15) is 0 Å². The van der Waals surface area contributed by atoms with E-state index in [9.17, 15) is 13.2 Å². The van der Waals surface area contributed by atoms with Crippen LogP contribution in [0.15, 0.2) is 47.5 Å². The molecule has 0 atom stereocenters. The van der Waals surface area contributed by atoms with Crippen molar-refractivity contribution in [3.05, 3.63) is 53.9 Å². The highest BCUT2D eigenvalue weighted by atomic mass is 32.2. The minimum absolute atomic E-state index is 0.174. The Hall–Kier alpha value is -2.25. The fourth-order valence-corrected chi connectivity index (χ4v) is 2.63. The molecule has 2 rings (SSSR count). The quantitative estimate of drug-likeness (QED) is 0.933. The number of anilines is 1. The summed E-state index contributed by atoms with van der Waals surface area (Å²) in [5.41, 5.74) is 1.79. The molecule has 0 aliphatic heterocycles. The fraction of sp³-hybridized carbons (Fsp3) is 0.200. The van der Waals surface area contributed by atoms with Crippen LogP contribution in [0.2, 0.25) is 0 Å². The molecule has 1 aromatic carbocycles. The monoisotopic (exact) mass is 319 g/mol. The SMILES string of the molecule is Cc1ccc(C(=O)Nc2ccc(S(=O)(=O)N(C)C)cc2)cn1. The lowest BCUT2D eigenvalue weighted by molar-refractivity contribution is 0.102. The topological polar surface area (TPSA) is 79.4 Å². The van der Waals surface area contributed by atoms with Crippen LogP contribution in [0.5, 0.6) is 0 Å². The van der Waals surface area contributed by atoms with Crippen molar-refractivity contribution in [2.45, 2.75) is 11.8 Å². The van der Waals surface area contributed by atoms with Crippen molar-refractivity contribution in [3.8, 4) is 0 Å². The molecule has 0 aliphatic carbocycles. The third-order valence-electron chi connectivity index (χ3n) is 3.06. The third-order valence-corrected chi connectivity index (χ3v) is 4.89. The summed E-state index contributed by atoms with van der Waals surface area (Å²) in [4.78, 5) is 16.3. The number of aromatic nitrogens is 1. The van der Waals surface area contributed by atoms with E-state index >= 15 is 0 Å². The maximum absolute atomic E-state index is 12.0. The fourth-order valence-electron chi connectivity index (χ4n) is 1.73. The summed E-state index contributed by atoms with van der Waals surface area (Å²) in [5.74, 6) is -0.296. The lowest BCUT2D eigenvalue weighted by atomic mass is 10.2. The van der Waals surface area contributed by atoms with Crippen molar-refractivity contribution in [1.82, 2.24) is 9.29 Å². The van der Waals surface area contributed by atoms with Crippen LogP contribution in [0, 0.1) is 6.92 Å². The zero-order valence-electron chi connectivity index (χ0n) is 12.6. The number of carbonyl (C=O) groups is 1.